The molecule has 1 N–H and O–H groups in total. The molecule has 0 unspecified atom stereocenters. The van der Waals surface area contributed by atoms with E-state index in [1.54, 1.807) is 24.3 Å². The van der Waals surface area contributed by atoms with E-state index in [9.17, 15) is 8.42 Å². The summed E-state index contributed by atoms with van der Waals surface area (Å²) in [5.74, 6) is 0. The van der Waals surface area contributed by atoms with Gasteiger partial charge in [0.2, 0.25) is 10.0 Å². The van der Waals surface area contributed by atoms with Crippen LogP contribution in [0.1, 0.15) is 12.0 Å². The van der Waals surface area contributed by atoms with Crippen LogP contribution in [-0.4, -0.2) is 37.5 Å². The maximum absolute atomic E-state index is 12.3. The Kier molecular flexibility index (Phi) is 4.16. The Labute approximate surface area is 108 Å². The van der Waals surface area contributed by atoms with E-state index in [1.807, 2.05) is 12.2 Å². The van der Waals surface area contributed by atoms with Crippen molar-refractivity contribution < 1.29 is 13.5 Å². The van der Waals surface area contributed by atoms with E-state index in [-0.39, 0.29) is 6.61 Å². The molecule has 0 radical (unpaired) electrons. The van der Waals surface area contributed by atoms with Gasteiger partial charge in [0.25, 0.3) is 0 Å². The number of aliphatic hydroxyl groups is 1. The van der Waals surface area contributed by atoms with Crippen molar-refractivity contribution in [3.8, 4) is 0 Å². The summed E-state index contributed by atoms with van der Waals surface area (Å²) < 4.78 is 26.1. The molecule has 1 aromatic rings. The zero-order valence-electron chi connectivity index (χ0n) is 10.1. The molecule has 0 saturated carbocycles. The van der Waals surface area contributed by atoms with E-state index >= 15 is 0 Å². The van der Waals surface area contributed by atoms with Crippen LogP contribution < -0.4 is 0 Å². The van der Waals surface area contributed by atoms with Gasteiger partial charge in [-0.05, 0) is 30.5 Å². The van der Waals surface area contributed by atoms with Gasteiger partial charge in [0.05, 0.1) is 4.90 Å². The third kappa shape index (κ3) is 2.80. The Bertz CT molecular complexity index is 520. The third-order valence-electron chi connectivity index (χ3n) is 2.98. The van der Waals surface area contributed by atoms with Crippen LogP contribution in [0.25, 0.3) is 0 Å². The van der Waals surface area contributed by atoms with Crippen molar-refractivity contribution in [1.29, 1.82) is 0 Å². The van der Waals surface area contributed by atoms with Gasteiger partial charge >= 0.3 is 0 Å². The van der Waals surface area contributed by atoms with Gasteiger partial charge in [-0.2, -0.15) is 4.31 Å². The van der Waals surface area contributed by atoms with Crippen LogP contribution in [-0.2, 0) is 16.4 Å². The lowest BCUT2D eigenvalue weighted by Gasteiger charge is -2.22. The highest BCUT2D eigenvalue weighted by Gasteiger charge is 2.23. The van der Waals surface area contributed by atoms with Gasteiger partial charge in [0.1, 0.15) is 0 Å². The van der Waals surface area contributed by atoms with E-state index in [0.717, 1.165) is 12.0 Å². The van der Waals surface area contributed by atoms with Crippen LogP contribution in [0.4, 0.5) is 0 Å². The number of hydrogen-bond acceptors (Lipinski definition) is 3. The zero-order valence-corrected chi connectivity index (χ0v) is 10.9. The Morgan fingerprint density at radius 2 is 1.89 bits per heavy atom. The normalized spacial score (nSPS) is 16.9. The first-order chi connectivity index (χ1) is 8.64. The minimum Gasteiger partial charge on any atom is -0.396 e. The number of aliphatic hydroxyl groups excluding tert-OH is 1. The molecule has 0 aromatic heterocycles. The molecule has 2 rings (SSSR count). The lowest BCUT2D eigenvalue weighted by atomic mass is 10.2. The van der Waals surface area contributed by atoms with Gasteiger partial charge in [-0.1, -0.05) is 24.3 Å². The Morgan fingerprint density at radius 1 is 1.17 bits per heavy atom. The molecule has 4 nitrogen and oxygen atoms in total. The van der Waals surface area contributed by atoms with Gasteiger partial charge in [-0.25, -0.2) is 8.42 Å². The molecule has 0 fully saturated rings. The van der Waals surface area contributed by atoms with Crippen LogP contribution in [0, 0.1) is 0 Å². The maximum atomic E-state index is 12.3. The average Bonchev–Trinajstić information content (AvgIpc) is 2.41. The maximum Gasteiger partial charge on any atom is 0.243 e. The van der Waals surface area contributed by atoms with Crippen molar-refractivity contribution >= 4 is 10.0 Å². The summed E-state index contributed by atoms with van der Waals surface area (Å²) in [6.45, 7) is 1.06. The second kappa shape index (κ2) is 5.65. The second-order valence-corrected chi connectivity index (χ2v) is 6.18. The summed E-state index contributed by atoms with van der Waals surface area (Å²) in [6.07, 6.45) is 5.19. The molecule has 0 atom stereocenters. The second-order valence-electron chi connectivity index (χ2n) is 4.24. The van der Waals surface area contributed by atoms with Crippen LogP contribution in [0.3, 0.4) is 0 Å². The lowest BCUT2D eigenvalue weighted by Crippen LogP contribution is -2.33. The molecule has 0 saturated heterocycles. The van der Waals surface area contributed by atoms with Crippen molar-refractivity contribution in [2.24, 2.45) is 0 Å². The van der Waals surface area contributed by atoms with E-state index in [1.165, 1.54) is 4.31 Å². The molecule has 1 aromatic carbocycles. The standard InChI is InChI=1S/C13H17NO3S/c15-11-8-12-4-6-13(7-5-12)18(16,17)14-9-2-1-3-10-14/h1-2,4-7,15H,3,8-11H2. The molecule has 1 heterocycles. The van der Waals surface area contributed by atoms with Crippen molar-refractivity contribution in [3.63, 3.8) is 0 Å². The highest BCUT2D eigenvalue weighted by Crippen LogP contribution is 2.18. The largest absolute Gasteiger partial charge is 0.396 e. The number of sulfonamides is 1. The molecular weight excluding hydrogens is 250 g/mol. The SMILES string of the molecule is O=S(=O)(c1ccc(CCO)cc1)N1CC=CCC1. The summed E-state index contributed by atoms with van der Waals surface area (Å²) in [4.78, 5) is 0.319. The molecule has 98 valence electrons. The highest BCUT2D eigenvalue weighted by atomic mass is 32.2. The van der Waals surface area contributed by atoms with Crippen LogP contribution in [0.15, 0.2) is 41.3 Å². The monoisotopic (exact) mass is 267 g/mol. The van der Waals surface area contributed by atoms with Crippen LogP contribution in [0.2, 0.25) is 0 Å². The van der Waals surface area contributed by atoms with Crippen molar-refractivity contribution in [2.45, 2.75) is 17.7 Å². The Hall–Kier alpha value is -1.17. The molecule has 1 aliphatic rings. The molecule has 0 spiro atoms. The fourth-order valence-electron chi connectivity index (χ4n) is 1.94. The van der Waals surface area contributed by atoms with E-state index < -0.39 is 10.0 Å². The molecule has 18 heavy (non-hydrogen) atoms. The van der Waals surface area contributed by atoms with Gasteiger partial charge in [0.15, 0.2) is 0 Å². The summed E-state index contributed by atoms with van der Waals surface area (Å²) in [5, 5.41) is 8.82. The number of benzene rings is 1. The predicted octanol–water partition coefficient (Wildman–Crippen LogP) is 1.17. The van der Waals surface area contributed by atoms with E-state index in [2.05, 4.69) is 0 Å². The first-order valence-corrected chi connectivity index (χ1v) is 7.43. The van der Waals surface area contributed by atoms with Crippen molar-refractivity contribution in [3.05, 3.63) is 42.0 Å². The fourth-order valence-corrected chi connectivity index (χ4v) is 3.35. The summed E-state index contributed by atoms with van der Waals surface area (Å²) in [5.41, 5.74) is 0.940. The molecular formula is C13H17NO3S. The molecule has 0 amide bonds. The predicted molar refractivity (Wildman–Crippen MR) is 69.7 cm³/mol. The molecule has 5 heteroatoms. The molecule has 1 aliphatic heterocycles. The van der Waals surface area contributed by atoms with Gasteiger partial charge in [-0.3, -0.25) is 0 Å². The number of hydrogen-bond donors (Lipinski definition) is 1. The third-order valence-corrected chi connectivity index (χ3v) is 4.86. The van der Waals surface area contributed by atoms with Gasteiger partial charge in [0, 0.05) is 19.7 Å². The molecule has 0 aliphatic carbocycles. The minimum absolute atomic E-state index is 0.0724. The zero-order chi connectivity index (χ0) is 13.0. The average molecular weight is 267 g/mol. The van der Waals surface area contributed by atoms with Gasteiger partial charge in [-0.15, -0.1) is 0 Å². The summed E-state index contributed by atoms with van der Waals surface area (Å²) >= 11 is 0. The smallest absolute Gasteiger partial charge is 0.243 e. The lowest BCUT2D eigenvalue weighted by molar-refractivity contribution is 0.299. The molecule has 0 bridgehead atoms. The van der Waals surface area contributed by atoms with E-state index in [0.29, 0.717) is 24.4 Å². The van der Waals surface area contributed by atoms with Crippen LogP contribution >= 0.6 is 0 Å². The van der Waals surface area contributed by atoms with Gasteiger partial charge < -0.3 is 5.11 Å². The quantitative estimate of drug-likeness (QED) is 0.833. The van der Waals surface area contributed by atoms with Crippen LogP contribution in [0.5, 0.6) is 0 Å². The first kappa shape index (κ1) is 13.3. The van der Waals surface area contributed by atoms with E-state index in [4.69, 9.17) is 5.11 Å². The number of rotatable bonds is 4. The topological polar surface area (TPSA) is 57.6 Å². The fraction of sp³-hybridized carbons (Fsp3) is 0.385. The Morgan fingerprint density at radius 3 is 2.44 bits per heavy atom. The minimum atomic E-state index is -3.37. The first-order valence-electron chi connectivity index (χ1n) is 5.99. The number of nitrogens with zero attached hydrogens (tertiary/aromatic N) is 1. The van der Waals surface area contributed by atoms with Crippen molar-refractivity contribution in [2.75, 3.05) is 19.7 Å². The Balaban J connectivity index is 2.21. The highest BCUT2D eigenvalue weighted by molar-refractivity contribution is 7.89. The van der Waals surface area contributed by atoms with Crippen molar-refractivity contribution in [1.82, 2.24) is 4.31 Å². The summed E-state index contributed by atoms with van der Waals surface area (Å²) in [6, 6.07) is 6.73. The summed E-state index contributed by atoms with van der Waals surface area (Å²) in [7, 11) is -3.37.